The van der Waals surface area contributed by atoms with Crippen LogP contribution in [0.1, 0.15) is 79.6 Å². The van der Waals surface area contributed by atoms with Gasteiger partial charge in [0.2, 0.25) is 27.7 Å². The molecule has 6 rings (SSSR count). The molecule has 2 saturated carbocycles. The molecule has 0 radical (unpaired) electrons. The number of aromatic nitrogens is 1. The average molecular weight is 822 g/mol. The van der Waals surface area contributed by atoms with Crippen molar-refractivity contribution < 1.29 is 55.3 Å². The third-order valence-electron chi connectivity index (χ3n) is 12.2. The van der Waals surface area contributed by atoms with E-state index in [1.165, 1.54) is 27.2 Å². The third kappa shape index (κ3) is 7.85. The molecular weight excluding hydrogens is 772 g/mol. The van der Waals surface area contributed by atoms with Crippen LogP contribution in [-0.4, -0.2) is 106 Å². The first kappa shape index (κ1) is 42.0. The van der Waals surface area contributed by atoms with Crippen LogP contribution in [0.3, 0.4) is 0 Å². The topological polar surface area (TPSA) is 185 Å². The number of fused-ring (bicyclic) bond motifs is 3. The van der Waals surface area contributed by atoms with Crippen LogP contribution in [0.2, 0.25) is 0 Å². The summed E-state index contributed by atoms with van der Waals surface area (Å²) in [4.78, 5) is 61.9. The Balaban J connectivity index is 1.43. The molecule has 1 aromatic heterocycles. The Bertz CT molecular complexity index is 2070. The van der Waals surface area contributed by atoms with Gasteiger partial charge in [0.25, 0.3) is 5.91 Å². The van der Waals surface area contributed by atoms with Gasteiger partial charge in [0.05, 0.1) is 18.4 Å². The third-order valence-corrected chi connectivity index (χ3v) is 14.4. The first-order chi connectivity index (χ1) is 26.6. The minimum atomic E-state index is -5.09. The molecule has 18 heteroatoms. The van der Waals surface area contributed by atoms with Crippen LogP contribution < -0.4 is 19.5 Å². The number of nitrogens with one attached hydrogen (secondary N) is 2. The number of carbonyl (C=O) groups excluding carboxylic acids is 3. The van der Waals surface area contributed by atoms with Crippen LogP contribution in [0.15, 0.2) is 42.6 Å². The summed E-state index contributed by atoms with van der Waals surface area (Å²) in [6, 6.07) is 3.53. The molecule has 14 nitrogen and oxygen atoms in total. The minimum Gasteiger partial charge on any atom is -0.496 e. The predicted octanol–water partition coefficient (Wildman–Crippen LogP) is 5.17. The van der Waals surface area contributed by atoms with Crippen molar-refractivity contribution >= 4 is 44.6 Å². The fourth-order valence-electron chi connectivity index (χ4n) is 8.17. The number of hydrogen-bond acceptors (Lipinski definition) is 9. The highest BCUT2D eigenvalue weighted by atomic mass is 32.2. The summed E-state index contributed by atoms with van der Waals surface area (Å²) in [6.07, 6.45) is -1.34. The zero-order valence-electron chi connectivity index (χ0n) is 32.8. The van der Waals surface area contributed by atoms with Gasteiger partial charge >= 0.3 is 12.3 Å². The van der Waals surface area contributed by atoms with Crippen molar-refractivity contribution in [1.29, 1.82) is 0 Å². The van der Waals surface area contributed by atoms with Crippen LogP contribution in [-0.2, 0) is 24.4 Å². The molecule has 4 aliphatic rings. The van der Waals surface area contributed by atoms with E-state index in [1.807, 2.05) is 6.92 Å². The van der Waals surface area contributed by atoms with Crippen LogP contribution >= 0.6 is 0 Å². The number of pyridine rings is 1. The molecule has 7 atom stereocenters. The molecule has 57 heavy (non-hydrogen) atoms. The smallest absolute Gasteiger partial charge is 0.411 e. The van der Waals surface area contributed by atoms with E-state index in [9.17, 15) is 45.9 Å². The maximum Gasteiger partial charge on any atom is 0.411 e. The summed E-state index contributed by atoms with van der Waals surface area (Å²) in [5, 5.41) is 14.4. The highest BCUT2D eigenvalue weighted by Gasteiger charge is 2.64. The molecule has 2 aromatic rings. The number of halogens is 3. The van der Waals surface area contributed by atoms with E-state index in [0.717, 1.165) is 4.90 Å². The second kappa shape index (κ2) is 15.0. The lowest BCUT2D eigenvalue weighted by Gasteiger charge is -2.45. The molecule has 0 unspecified atom stereocenters. The highest BCUT2D eigenvalue weighted by Crippen LogP contribution is 2.48. The number of alkyl halides is 3. The van der Waals surface area contributed by atoms with E-state index in [-0.39, 0.29) is 42.5 Å². The Morgan fingerprint density at radius 3 is 2.44 bits per heavy atom. The number of ether oxygens (including phenoxy) is 2. The Morgan fingerprint density at radius 2 is 1.81 bits per heavy atom. The average Bonchev–Trinajstić information content (AvgIpc) is 4.01. The fraction of sp³-hybridized carbons (Fsp3) is 0.615. The van der Waals surface area contributed by atoms with Crippen molar-refractivity contribution in [2.45, 2.75) is 120 Å². The Hall–Kier alpha value is -4.61. The quantitative estimate of drug-likeness (QED) is 0.301. The predicted molar refractivity (Wildman–Crippen MR) is 202 cm³/mol. The van der Waals surface area contributed by atoms with Crippen LogP contribution in [0, 0.1) is 17.8 Å². The number of benzene rings is 1. The molecule has 4 amide bonds. The van der Waals surface area contributed by atoms with Crippen molar-refractivity contribution in [2.24, 2.45) is 17.8 Å². The molecule has 1 saturated heterocycles. The number of carbonyl (C=O) groups is 4. The molecule has 3 heterocycles. The van der Waals surface area contributed by atoms with Gasteiger partial charge in [-0.3, -0.25) is 24.0 Å². The van der Waals surface area contributed by atoms with Crippen molar-refractivity contribution in [1.82, 2.24) is 24.8 Å². The van der Waals surface area contributed by atoms with Gasteiger partial charge < -0.3 is 24.8 Å². The van der Waals surface area contributed by atoms with E-state index in [4.69, 9.17) is 9.47 Å². The van der Waals surface area contributed by atoms with Gasteiger partial charge in [-0.1, -0.05) is 32.1 Å². The van der Waals surface area contributed by atoms with Gasteiger partial charge in [0, 0.05) is 29.3 Å². The van der Waals surface area contributed by atoms with E-state index in [0.29, 0.717) is 56.1 Å². The summed E-state index contributed by atoms with van der Waals surface area (Å²) in [6.45, 7) is 5.92. The Labute approximate surface area is 329 Å². The van der Waals surface area contributed by atoms with Crippen LogP contribution in [0.5, 0.6) is 11.6 Å². The zero-order valence-corrected chi connectivity index (χ0v) is 33.6. The van der Waals surface area contributed by atoms with Gasteiger partial charge in [-0.05, 0) is 89.3 Å². The number of rotatable bonds is 8. The molecule has 2 aliphatic heterocycles. The maximum atomic E-state index is 15.0. The Morgan fingerprint density at radius 1 is 1.11 bits per heavy atom. The number of allylic oxidation sites excluding steroid dienone is 1. The van der Waals surface area contributed by atoms with Gasteiger partial charge in [0.15, 0.2) is 0 Å². The first-order valence-electron chi connectivity index (χ1n) is 19.1. The minimum absolute atomic E-state index is 0.0530. The molecule has 312 valence electrons. The first-order valence-corrected chi connectivity index (χ1v) is 20.6. The molecule has 3 fully saturated rings. The summed E-state index contributed by atoms with van der Waals surface area (Å²) in [5.41, 5.74) is -4.74. The number of nitrogens with zero attached hydrogens (tertiary/aromatic N) is 3. The normalized spacial score (nSPS) is 29.2. The maximum absolute atomic E-state index is 15.0. The summed E-state index contributed by atoms with van der Waals surface area (Å²) < 4.78 is 83.2. The summed E-state index contributed by atoms with van der Waals surface area (Å²) in [7, 11) is -2.62. The van der Waals surface area contributed by atoms with Crippen LogP contribution in [0.25, 0.3) is 10.8 Å². The van der Waals surface area contributed by atoms with Gasteiger partial charge in [-0.2, -0.15) is 13.2 Å². The largest absolute Gasteiger partial charge is 0.496 e. The fourth-order valence-corrected chi connectivity index (χ4v) is 9.48. The molecule has 2 aliphatic carbocycles. The number of amides is 4. The number of methoxy groups -OCH3 is 1. The highest BCUT2D eigenvalue weighted by molar-refractivity contribution is 7.91. The van der Waals surface area contributed by atoms with E-state index < -0.39 is 85.9 Å². The van der Waals surface area contributed by atoms with Crippen LogP contribution in [0.4, 0.5) is 18.0 Å². The number of sulfonamides is 1. The molecule has 1 aromatic carbocycles. The number of hydrogen-bond donors (Lipinski definition) is 3. The lowest BCUT2D eigenvalue weighted by Crippen LogP contribution is -2.66. The molecular formula is C39H50F3N5O9S. The van der Waals surface area contributed by atoms with Gasteiger partial charge in [-0.15, -0.1) is 0 Å². The van der Waals surface area contributed by atoms with E-state index in [2.05, 4.69) is 15.0 Å². The van der Waals surface area contributed by atoms with E-state index >= 15 is 0 Å². The van der Waals surface area contributed by atoms with Crippen molar-refractivity contribution in [3.8, 4) is 11.6 Å². The summed E-state index contributed by atoms with van der Waals surface area (Å²) in [5.74, 6) is -3.96. The SMILES string of the molecule is COc1cccc2c(O[C@@H]3C[C@H]4C(=O)N[C@]5(C(=O)NS(=O)(=O)C6(C)CC6)C[C@H]5C=CCC[C@@H](C)C[C@@H](C)[C@H](N(C(=O)O)C(C)(C)C(F)(F)F)C(=O)N4C3)nccc12. The summed E-state index contributed by atoms with van der Waals surface area (Å²) >= 11 is 0. The molecule has 0 spiro atoms. The second-order valence-corrected chi connectivity index (χ2v) is 19.0. The molecule has 0 bridgehead atoms. The number of carboxylic acid groups (broad SMARTS) is 1. The van der Waals surface area contributed by atoms with Crippen molar-refractivity contribution in [3.63, 3.8) is 0 Å². The zero-order chi connectivity index (χ0) is 41.9. The van der Waals surface area contributed by atoms with Crippen molar-refractivity contribution in [3.05, 3.63) is 42.6 Å². The lowest BCUT2D eigenvalue weighted by molar-refractivity contribution is -0.222. The Kier molecular flexibility index (Phi) is 11.0. The van der Waals surface area contributed by atoms with E-state index in [1.54, 1.807) is 36.4 Å². The van der Waals surface area contributed by atoms with Gasteiger partial charge in [0.1, 0.15) is 35.0 Å². The lowest BCUT2D eigenvalue weighted by atomic mass is 9.85. The van der Waals surface area contributed by atoms with Crippen molar-refractivity contribution in [2.75, 3.05) is 13.7 Å². The van der Waals surface area contributed by atoms with Gasteiger partial charge in [-0.25, -0.2) is 18.2 Å². The monoisotopic (exact) mass is 821 g/mol. The standard InChI is InChI=1S/C39H50F3N5O9S/c1-22-10-7-8-11-24-20-38(24,34(50)45-57(53,54)37(5)15-16-37)44-31(48)28-19-25(56-32-27-12-9-13-29(55-6)26(27)14-17-43-32)21-46(28)33(49)30(23(2)18-22)47(35(51)52)36(3,4)39(40,41)42/h8-9,11-14,17,22-25,28,30H,7,10,15-16,18-21H2,1-6H3,(H,44,48)(H,45,50)(H,51,52)/t22-,23-,24-,25-,28+,30+,38-/m1/s1. The molecule has 3 N–H and O–H groups in total. The second-order valence-electron chi connectivity index (χ2n) is 16.8.